The van der Waals surface area contributed by atoms with Gasteiger partial charge >= 0.3 is 5.97 Å². The molecule has 0 saturated carbocycles. The van der Waals surface area contributed by atoms with E-state index in [4.69, 9.17) is 9.47 Å². The zero-order valence-corrected chi connectivity index (χ0v) is 17.4. The Labute approximate surface area is 180 Å². The number of benzene rings is 3. The number of amides is 1. The molecule has 1 N–H and O–H groups in total. The summed E-state index contributed by atoms with van der Waals surface area (Å²) in [6.07, 6.45) is 0. The molecule has 0 heterocycles. The average Bonchev–Trinajstić information content (AvgIpc) is 2.79. The minimum Gasteiger partial charge on any atom is -0.482 e. The highest BCUT2D eigenvalue weighted by molar-refractivity contribution is 6.09. The Bertz CT molecular complexity index is 1070. The molecule has 3 aromatic rings. The molecule has 6 nitrogen and oxygen atoms in total. The lowest BCUT2D eigenvalue weighted by Crippen LogP contribution is -2.24. The van der Waals surface area contributed by atoms with Gasteiger partial charge in [-0.1, -0.05) is 42.5 Å². The number of hydrogen-bond acceptors (Lipinski definition) is 5. The fraction of sp³-hybridized carbons (Fsp3) is 0.160. The maximum Gasteiger partial charge on any atom is 0.344 e. The molecule has 158 valence electrons. The summed E-state index contributed by atoms with van der Waals surface area (Å²) in [5.74, 6) is -0.769. The molecule has 0 aliphatic rings. The second kappa shape index (κ2) is 10.2. The number of esters is 1. The molecule has 0 spiro atoms. The van der Waals surface area contributed by atoms with Crippen molar-refractivity contribution < 1.29 is 23.9 Å². The molecule has 6 heteroatoms. The molecule has 3 aromatic carbocycles. The van der Waals surface area contributed by atoms with Crippen molar-refractivity contribution in [3.05, 3.63) is 95.1 Å². The van der Waals surface area contributed by atoms with Crippen LogP contribution in [-0.4, -0.2) is 30.9 Å². The lowest BCUT2D eigenvalue weighted by molar-refractivity contribution is -0.149. The summed E-state index contributed by atoms with van der Waals surface area (Å²) in [6.45, 7) is 3.06. The number of carbonyl (C=O) groups is 3. The minimum atomic E-state index is -0.666. The van der Waals surface area contributed by atoms with Crippen LogP contribution in [0.15, 0.2) is 72.8 Å². The van der Waals surface area contributed by atoms with E-state index in [1.54, 1.807) is 48.5 Å². The van der Waals surface area contributed by atoms with Crippen LogP contribution in [0.25, 0.3) is 0 Å². The molecule has 0 fully saturated rings. The van der Waals surface area contributed by atoms with E-state index in [-0.39, 0.29) is 12.4 Å². The fourth-order valence-electron chi connectivity index (χ4n) is 2.85. The van der Waals surface area contributed by atoms with Gasteiger partial charge in [0.1, 0.15) is 5.75 Å². The summed E-state index contributed by atoms with van der Waals surface area (Å²) in [5, 5.41) is 2.72. The first-order chi connectivity index (χ1) is 14.9. The third-order valence-electron chi connectivity index (χ3n) is 4.54. The predicted molar refractivity (Wildman–Crippen MR) is 117 cm³/mol. The van der Waals surface area contributed by atoms with Gasteiger partial charge in [-0.25, -0.2) is 4.79 Å². The Kier molecular flexibility index (Phi) is 7.17. The first-order valence-corrected chi connectivity index (χ1v) is 9.78. The van der Waals surface area contributed by atoms with Crippen molar-refractivity contribution in [3.63, 3.8) is 0 Å². The second-order valence-electron chi connectivity index (χ2n) is 7.04. The quantitative estimate of drug-likeness (QED) is 0.441. The predicted octanol–water partition coefficient (Wildman–Crippen LogP) is 4.10. The molecular formula is C25H23NO5. The molecule has 31 heavy (non-hydrogen) atoms. The van der Waals surface area contributed by atoms with E-state index in [1.807, 2.05) is 38.1 Å². The van der Waals surface area contributed by atoms with Crippen molar-refractivity contribution in [3.8, 4) is 5.75 Å². The Morgan fingerprint density at radius 3 is 2.19 bits per heavy atom. The zero-order chi connectivity index (χ0) is 22.2. The minimum absolute atomic E-state index is 0.0959. The van der Waals surface area contributed by atoms with Crippen molar-refractivity contribution in [1.29, 1.82) is 0 Å². The number of nitrogens with one attached hydrogen (secondary N) is 1. The molecule has 0 aromatic heterocycles. The van der Waals surface area contributed by atoms with E-state index in [1.165, 1.54) is 0 Å². The van der Waals surface area contributed by atoms with Crippen LogP contribution in [0.1, 0.15) is 27.0 Å². The van der Waals surface area contributed by atoms with Gasteiger partial charge in [-0.3, -0.25) is 9.59 Å². The van der Waals surface area contributed by atoms with Crippen LogP contribution in [0.3, 0.4) is 0 Å². The van der Waals surface area contributed by atoms with Gasteiger partial charge in [0.05, 0.1) is 0 Å². The van der Waals surface area contributed by atoms with Crippen molar-refractivity contribution in [2.24, 2.45) is 0 Å². The molecule has 1 amide bonds. The van der Waals surface area contributed by atoms with Crippen molar-refractivity contribution in [1.82, 2.24) is 0 Å². The SMILES string of the molecule is Cc1ccc(C)c(NC(=O)COC(=O)COc2ccc(C(=O)c3ccccc3)cc2)c1. The molecular weight excluding hydrogens is 394 g/mol. The van der Waals surface area contributed by atoms with Crippen LogP contribution >= 0.6 is 0 Å². The van der Waals surface area contributed by atoms with Crippen LogP contribution in [0.2, 0.25) is 0 Å². The van der Waals surface area contributed by atoms with Crippen molar-refractivity contribution in [2.75, 3.05) is 18.5 Å². The van der Waals surface area contributed by atoms with Crippen molar-refractivity contribution >= 4 is 23.3 Å². The maximum absolute atomic E-state index is 12.4. The van der Waals surface area contributed by atoms with Gasteiger partial charge in [-0.2, -0.15) is 0 Å². The number of hydrogen-bond donors (Lipinski definition) is 1. The highest BCUT2D eigenvalue weighted by atomic mass is 16.6. The largest absolute Gasteiger partial charge is 0.482 e. The number of carbonyl (C=O) groups excluding carboxylic acids is 3. The number of anilines is 1. The smallest absolute Gasteiger partial charge is 0.344 e. The van der Waals surface area contributed by atoms with Crippen LogP contribution < -0.4 is 10.1 Å². The Balaban J connectivity index is 1.44. The Hall–Kier alpha value is -3.93. The van der Waals surface area contributed by atoms with Crippen molar-refractivity contribution in [2.45, 2.75) is 13.8 Å². The van der Waals surface area contributed by atoms with Crippen LogP contribution in [0.4, 0.5) is 5.69 Å². The van der Waals surface area contributed by atoms with Gasteiger partial charge < -0.3 is 14.8 Å². The molecule has 0 bridgehead atoms. The monoisotopic (exact) mass is 417 g/mol. The Morgan fingerprint density at radius 2 is 1.48 bits per heavy atom. The van der Waals surface area contributed by atoms with E-state index in [9.17, 15) is 14.4 Å². The molecule has 3 rings (SSSR count). The summed E-state index contributed by atoms with van der Waals surface area (Å²) in [7, 11) is 0. The fourth-order valence-corrected chi connectivity index (χ4v) is 2.85. The zero-order valence-electron chi connectivity index (χ0n) is 17.4. The first-order valence-electron chi connectivity index (χ1n) is 9.78. The van der Waals surface area contributed by atoms with Crippen LogP contribution in [0.5, 0.6) is 5.75 Å². The summed E-state index contributed by atoms with van der Waals surface area (Å²) in [4.78, 5) is 36.3. The standard InChI is InChI=1S/C25H23NO5/c1-17-8-9-18(2)22(14-17)26-23(27)15-31-24(28)16-30-21-12-10-20(11-13-21)25(29)19-6-4-3-5-7-19/h3-14H,15-16H2,1-2H3,(H,26,27). The summed E-state index contributed by atoms with van der Waals surface area (Å²) >= 11 is 0. The van der Waals surface area contributed by atoms with E-state index in [0.29, 0.717) is 22.6 Å². The summed E-state index contributed by atoms with van der Waals surface area (Å²) in [6, 6.07) is 21.1. The maximum atomic E-state index is 12.4. The van der Waals surface area contributed by atoms with E-state index in [2.05, 4.69) is 5.32 Å². The lowest BCUT2D eigenvalue weighted by Gasteiger charge is -2.10. The number of ketones is 1. The third kappa shape index (κ3) is 6.27. The highest BCUT2D eigenvalue weighted by Crippen LogP contribution is 2.17. The van der Waals surface area contributed by atoms with E-state index >= 15 is 0 Å². The Morgan fingerprint density at radius 1 is 0.806 bits per heavy atom. The van der Waals surface area contributed by atoms with Gasteiger partial charge in [0.25, 0.3) is 5.91 Å². The van der Waals surface area contributed by atoms with Gasteiger partial charge in [-0.05, 0) is 55.3 Å². The summed E-state index contributed by atoms with van der Waals surface area (Å²) in [5.41, 5.74) is 3.73. The third-order valence-corrected chi connectivity index (χ3v) is 4.54. The average molecular weight is 417 g/mol. The number of aryl methyl sites for hydroxylation is 2. The number of ether oxygens (including phenoxy) is 2. The highest BCUT2D eigenvalue weighted by Gasteiger charge is 2.11. The summed E-state index contributed by atoms with van der Waals surface area (Å²) < 4.78 is 10.3. The molecule has 0 radical (unpaired) electrons. The van der Waals surface area contributed by atoms with Gasteiger partial charge in [0.15, 0.2) is 19.0 Å². The normalized spacial score (nSPS) is 10.3. The second-order valence-corrected chi connectivity index (χ2v) is 7.04. The lowest BCUT2D eigenvalue weighted by atomic mass is 10.0. The number of rotatable bonds is 8. The molecule has 0 saturated heterocycles. The van der Waals surface area contributed by atoms with Gasteiger partial charge in [-0.15, -0.1) is 0 Å². The van der Waals surface area contributed by atoms with Gasteiger partial charge in [0, 0.05) is 16.8 Å². The molecule has 0 aliphatic heterocycles. The van der Waals surface area contributed by atoms with Crippen LogP contribution in [0, 0.1) is 13.8 Å². The van der Waals surface area contributed by atoms with Gasteiger partial charge in [0.2, 0.25) is 0 Å². The van der Waals surface area contributed by atoms with Crippen LogP contribution in [-0.2, 0) is 14.3 Å². The molecule has 0 atom stereocenters. The first kappa shape index (κ1) is 21.8. The topological polar surface area (TPSA) is 81.7 Å². The molecule has 0 aliphatic carbocycles. The molecule has 0 unspecified atom stereocenters. The van der Waals surface area contributed by atoms with E-state index < -0.39 is 18.5 Å². The van der Waals surface area contributed by atoms with E-state index in [0.717, 1.165) is 11.1 Å².